The lowest BCUT2D eigenvalue weighted by molar-refractivity contribution is 0.152. The highest BCUT2D eigenvalue weighted by Crippen LogP contribution is 2.25. The first-order chi connectivity index (χ1) is 10.2. The summed E-state index contributed by atoms with van der Waals surface area (Å²) in [6.45, 7) is 12.7. The van der Waals surface area contributed by atoms with Crippen LogP contribution >= 0.6 is 0 Å². The normalized spacial score (nSPS) is 17.5. The molecule has 1 aromatic carbocycles. The van der Waals surface area contributed by atoms with Crippen LogP contribution in [0.4, 0.5) is 0 Å². The van der Waals surface area contributed by atoms with Crippen molar-refractivity contribution >= 4 is 0 Å². The van der Waals surface area contributed by atoms with Gasteiger partial charge in [0.25, 0.3) is 0 Å². The number of nitrogens with one attached hydrogen (secondary N) is 1. The number of hydrogen-bond donors (Lipinski definition) is 1. The van der Waals surface area contributed by atoms with Crippen LogP contribution in [0.1, 0.15) is 51.2 Å². The molecule has 1 N–H and O–H groups in total. The van der Waals surface area contributed by atoms with Crippen LogP contribution < -0.4 is 5.32 Å². The maximum Gasteiger partial charge on any atom is 0.0233 e. The minimum absolute atomic E-state index is 0.847. The van der Waals surface area contributed by atoms with Gasteiger partial charge in [0.05, 0.1) is 0 Å². The van der Waals surface area contributed by atoms with Crippen molar-refractivity contribution in [3.05, 3.63) is 35.4 Å². The van der Waals surface area contributed by atoms with Gasteiger partial charge in [-0.05, 0) is 61.9 Å². The predicted molar refractivity (Wildman–Crippen MR) is 91.3 cm³/mol. The van der Waals surface area contributed by atoms with E-state index in [1.165, 1.54) is 43.5 Å². The number of benzene rings is 1. The average molecular weight is 288 g/mol. The summed E-state index contributed by atoms with van der Waals surface area (Å²) < 4.78 is 0. The molecule has 0 bridgehead atoms. The van der Waals surface area contributed by atoms with Crippen LogP contribution in [0.5, 0.6) is 0 Å². The zero-order valence-corrected chi connectivity index (χ0v) is 14.1. The molecule has 0 spiro atoms. The maximum absolute atomic E-state index is 3.49. The summed E-state index contributed by atoms with van der Waals surface area (Å²) in [5.41, 5.74) is 2.88. The first-order valence-electron chi connectivity index (χ1n) is 8.70. The number of rotatable bonds is 7. The largest absolute Gasteiger partial charge is 0.313 e. The van der Waals surface area contributed by atoms with Crippen molar-refractivity contribution in [2.75, 3.05) is 19.6 Å². The minimum Gasteiger partial charge on any atom is -0.313 e. The van der Waals surface area contributed by atoms with E-state index in [0.717, 1.165) is 31.5 Å². The third-order valence-corrected chi connectivity index (χ3v) is 4.73. The summed E-state index contributed by atoms with van der Waals surface area (Å²) in [5.74, 6) is 1.78. The van der Waals surface area contributed by atoms with Crippen molar-refractivity contribution in [1.82, 2.24) is 10.2 Å². The van der Waals surface area contributed by atoms with Crippen molar-refractivity contribution in [2.24, 2.45) is 11.8 Å². The van der Waals surface area contributed by atoms with Gasteiger partial charge in [-0.25, -0.2) is 0 Å². The summed E-state index contributed by atoms with van der Waals surface area (Å²) in [5, 5.41) is 3.49. The predicted octanol–water partition coefficient (Wildman–Crippen LogP) is 4.05. The molecule has 1 aliphatic rings. The van der Waals surface area contributed by atoms with E-state index >= 15 is 0 Å². The molecule has 0 amide bonds. The molecular weight excluding hydrogens is 256 g/mol. The van der Waals surface area contributed by atoms with E-state index in [4.69, 9.17) is 0 Å². The Morgan fingerprint density at radius 1 is 1.19 bits per heavy atom. The van der Waals surface area contributed by atoms with Crippen LogP contribution in [0, 0.1) is 11.8 Å². The first kappa shape index (κ1) is 16.5. The number of nitrogens with zero attached hydrogens (tertiary/aromatic N) is 1. The third-order valence-electron chi connectivity index (χ3n) is 4.73. The maximum atomic E-state index is 3.49. The lowest BCUT2D eigenvalue weighted by Crippen LogP contribution is -2.34. The molecule has 0 atom stereocenters. The van der Waals surface area contributed by atoms with Gasteiger partial charge in [-0.15, -0.1) is 0 Å². The van der Waals surface area contributed by atoms with Crippen molar-refractivity contribution in [1.29, 1.82) is 0 Å². The topological polar surface area (TPSA) is 15.3 Å². The molecule has 1 aliphatic heterocycles. The highest BCUT2D eigenvalue weighted by Gasteiger charge is 2.21. The molecule has 2 nitrogen and oxygen atoms in total. The molecule has 2 heteroatoms. The van der Waals surface area contributed by atoms with Gasteiger partial charge in [0.2, 0.25) is 0 Å². The lowest BCUT2D eigenvalue weighted by atomic mass is 9.86. The van der Waals surface area contributed by atoms with Gasteiger partial charge >= 0.3 is 0 Å². The van der Waals surface area contributed by atoms with E-state index in [-0.39, 0.29) is 0 Å². The Balaban J connectivity index is 1.81. The van der Waals surface area contributed by atoms with Gasteiger partial charge in [0.15, 0.2) is 0 Å². The fourth-order valence-electron chi connectivity index (χ4n) is 3.28. The molecule has 118 valence electrons. The van der Waals surface area contributed by atoms with Crippen LogP contribution in [0.2, 0.25) is 0 Å². The molecule has 1 aromatic rings. The number of piperidine rings is 1. The Bertz CT molecular complexity index is 406. The van der Waals surface area contributed by atoms with E-state index in [1.807, 2.05) is 0 Å². The van der Waals surface area contributed by atoms with Crippen LogP contribution in [-0.2, 0) is 13.1 Å². The highest BCUT2D eigenvalue weighted by atomic mass is 15.1. The number of likely N-dealkylation sites (tertiary alicyclic amines) is 1. The first-order valence-corrected chi connectivity index (χ1v) is 8.70. The van der Waals surface area contributed by atoms with E-state index in [1.54, 1.807) is 0 Å². The van der Waals surface area contributed by atoms with Crippen LogP contribution in [-0.4, -0.2) is 24.5 Å². The minimum atomic E-state index is 0.847. The second-order valence-corrected chi connectivity index (χ2v) is 6.85. The molecule has 0 unspecified atom stereocenters. The van der Waals surface area contributed by atoms with Crippen LogP contribution in [0.3, 0.4) is 0 Å². The monoisotopic (exact) mass is 288 g/mol. The van der Waals surface area contributed by atoms with Gasteiger partial charge < -0.3 is 5.32 Å². The fourth-order valence-corrected chi connectivity index (χ4v) is 3.28. The third kappa shape index (κ3) is 5.44. The van der Waals surface area contributed by atoms with Crippen molar-refractivity contribution in [3.63, 3.8) is 0 Å². The number of hydrogen-bond acceptors (Lipinski definition) is 2. The van der Waals surface area contributed by atoms with Crippen LogP contribution in [0.25, 0.3) is 0 Å². The Morgan fingerprint density at radius 3 is 2.57 bits per heavy atom. The molecule has 1 heterocycles. The Labute approximate surface area is 130 Å². The quantitative estimate of drug-likeness (QED) is 0.761. The second kappa shape index (κ2) is 8.55. The molecule has 0 saturated carbocycles. The molecule has 1 saturated heterocycles. The fraction of sp³-hybridized carbons (Fsp3) is 0.684. The Kier molecular flexibility index (Phi) is 6.72. The van der Waals surface area contributed by atoms with Gasteiger partial charge in [0, 0.05) is 13.1 Å². The van der Waals surface area contributed by atoms with Gasteiger partial charge in [-0.3, -0.25) is 4.90 Å². The van der Waals surface area contributed by atoms with E-state index in [9.17, 15) is 0 Å². The van der Waals surface area contributed by atoms with E-state index < -0.39 is 0 Å². The van der Waals surface area contributed by atoms with Gasteiger partial charge in [0.1, 0.15) is 0 Å². The van der Waals surface area contributed by atoms with Gasteiger partial charge in [-0.1, -0.05) is 45.0 Å². The standard InChI is InChI=1S/C19H32N2/c1-4-10-20-14-17-6-5-7-18(13-17)15-21-11-8-19(9-12-21)16(2)3/h5-7,13,16,19-20H,4,8-12,14-15H2,1-3H3. The summed E-state index contributed by atoms with van der Waals surface area (Å²) in [4.78, 5) is 2.62. The van der Waals surface area contributed by atoms with Crippen molar-refractivity contribution in [3.8, 4) is 0 Å². The SMILES string of the molecule is CCCNCc1cccc(CN2CCC(C(C)C)CC2)c1. The zero-order chi connectivity index (χ0) is 15.1. The van der Waals surface area contributed by atoms with Gasteiger partial charge in [-0.2, -0.15) is 0 Å². The molecule has 1 fully saturated rings. The lowest BCUT2D eigenvalue weighted by Gasteiger charge is -2.33. The smallest absolute Gasteiger partial charge is 0.0233 e. The summed E-state index contributed by atoms with van der Waals surface area (Å²) >= 11 is 0. The van der Waals surface area contributed by atoms with E-state index in [2.05, 4.69) is 55.3 Å². The van der Waals surface area contributed by atoms with E-state index in [0.29, 0.717) is 0 Å². The highest BCUT2D eigenvalue weighted by molar-refractivity contribution is 5.23. The zero-order valence-electron chi connectivity index (χ0n) is 14.1. The molecule has 0 aromatic heterocycles. The summed E-state index contributed by atoms with van der Waals surface area (Å²) in [6.07, 6.45) is 3.94. The van der Waals surface area contributed by atoms with Crippen molar-refractivity contribution in [2.45, 2.75) is 53.1 Å². The van der Waals surface area contributed by atoms with Crippen LogP contribution in [0.15, 0.2) is 24.3 Å². The van der Waals surface area contributed by atoms with Crippen molar-refractivity contribution < 1.29 is 0 Å². The Morgan fingerprint density at radius 2 is 1.90 bits per heavy atom. The molecule has 0 aliphatic carbocycles. The average Bonchev–Trinajstić information content (AvgIpc) is 2.48. The Hall–Kier alpha value is -0.860. The summed E-state index contributed by atoms with van der Waals surface area (Å²) in [7, 11) is 0. The summed E-state index contributed by atoms with van der Waals surface area (Å²) in [6, 6.07) is 9.09. The molecule has 0 radical (unpaired) electrons. The molecule has 2 rings (SSSR count). The molecular formula is C19H32N2. The second-order valence-electron chi connectivity index (χ2n) is 6.85. The molecule has 21 heavy (non-hydrogen) atoms.